The summed E-state index contributed by atoms with van der Waals surface area (Å²) < 4.78 is 13.8. The van der Waals surface area contributed by atoms with Crippen LogP contribution in [0, 0.1) is 17.1 Å². The molecule has 102 valence electrons. The molecule has 1 unspecified atom stereocenters. The van der Waals surface area contributed by atoms with Crippen LogP contribution in [-0.2, 0) is 6.54 Å². The van der Waals surface area contributed by atoms with E-state index in [-0.39, 0.29) is 11.9 Å². The molecular formula is C17H17FN2. The highest BCUT2D eigenvalue weighted by molar-refractivity contribution is 5.32. The van der Waals surface area contributed by atoms with Crippen molar-refractivity contribution in [1.82, 2.24) is 5.32 Å². The second-order valence-electron chi connectivity index (χ2n) is 4.68. The number of nitriles is 1. The number of hydrogen-bond acceptors (Lipinski definition) is 2. The topological polar surface area (TPSA) is 35.8 Å². The Bertz CT molecular complexity index is 616. The van der Waals surface area contributed by atoms with Crippen LogP contribution in [0.5, 0.6) is 0 Å². The lowest BCUT2D eigenvalue weighted by Crippen LogP contribution is -2.21. The Morgan fingerprint density at radius 2 is 2.00 bits per heavy atom. The predicted molar refractivity (Wildman–Crippen MR) is 77.4 cm³/mol. The van der Waals surface area contributed by atoms with Gasteiger partial charge in [0.1, 0.15) is 5.82 Å². The Kier molecular flexibility index (Phi) is 4.86. The summed E-state index contributed by atoms with van der Waals surface area (Å²) in [6.07, 6.45) is 0.804. The van der Waals surface area contributed by atoms with Crippen LogP contribution in [0.2, 0.25) is 0 Å². The van der Waals surface area contributed by atoms with E-state index in [1.54, 1.807) is 12.1 Å². The molecule has 2 aromatic rings. The number of nitrogens with zero attached hydrogens (tertiary/aromatic N) is 1. The van der Waals surface area contributed by atoms with Gasteiger partial charge in [-0.3, -0.25) is 0 Å². The quantitative estimate of drug-likeness (QED) is 0.891. The zero-order valence-corrected chi connectivity index (χ0v) is 11.4. The van der Waals surface area contributed by atoms with Gasteiger partial charge in [0.15, 0.2) is 0 Å². The molecule has 0 aromatic heterocycles. The first-order valence-electron chi connectivity index (χ1n) is 6.71. The van der Waals surface area contributed by atoms with Crippen molar-refractivity contribution < 1.29 is 4.39 Å². The largest absolute Gasteiger partial charge is 0.306 e. The SMILES string of the molecule is CCC(NCc1cccc(C#N)c1)c1ccccc1F. The normalized spacial score (nSPS) is 11.8. The van der Waals surface area contributed by atoms with Gasteiger partial charge in [-0.2, -0.15) is 5.26 Å². The summed E-state index contributed by atoms with van der Waals surface area (Å²) in [5.74, 6) is -0.183. The first kappa shape index (κ1) is 14.2. The van der Waals surface area contributed by atoms with E-state index in [0.717, 1.165) is 12.0 Å². The van der Waals surface area contributed by atoms with Crippen molar-refractivity contribution >= 4 is 0 Å². The van der Waals surface area contributed by atoms with Crippen LogP contribution < -0.4 is 5.32 Å². The van der Waals surface area contributed by atoms with E-state index in [2.05, 4.69) is 11.4 Å². The molecule has 1 N–H and O–H groups in total. The number of halogens is 1. The van der Waals surface area contributed by atoms with Crippen molar-refractivity contribution in [2.45, 2.75) is 25.9 Å². The Labute approximate surface area is 118 Å². The first-order valence-corrected chi connectivity index (χ1v) is 6.71. The van der Waals surface area contributed by atoms with Crippen molar-refractivity contribution in [1.29, 1.82) is 5.26 Å². The Morgan fingerprint density at radius 1 is 1.20 bits per heavy atom. The molecule has 0 amide bonds. The van der Waals surface area contributed by atoms with Gasteiger partial charge in [0.25, 0.3) is 0 Å². The average Bonchev–Trinajstić information content (AvgIpc) is 2.49. The van der Waals surface area contributed by atoms with Gasteiger partial charge in [-0.25, -0.2) is 4.39 Å². The summed E-state index contributed by atoms with van der Waals surface area (Å²) in [7, 11) is 0. The molecule has 0 aliphatic rings. The maximum Gasteiger partial charge on any atom is 0.127 e. The second kappa shape index (κ2) is 6.83. The lowest BCUT2D eigenvalue weighted by atomic mass is 10.0. The minimum Gasteiger partial charge on any atom is -0.306 e. The summed E-state index contributed by atoms with van der Waals surface area (Å²) in [6.45, 7) is 2.64. The molecule has 0 saturated heterocycles. The van der Waals surface area contributed by atoms with Crippen LogP contribution in [0.25, 0.3) is 0 Å². The second-order valence-corrected chi connectivity index (χ2v) is 4.68. The van der Waals surface area contributed by atoms with Gasteiger partial charge in [0.2, 0.25) is 0 Å². The monoisotopic (exact) mass is 268 g/mol. The molecule has 2 aromatic carbocycles. The molecule has 0 aliphatic heterocycles. The first-order chi connectivity index (χ1) is 9.74. The molecule has 0 spiro atoms. The fourth-order valence-electron chi connectivity index (χ4n) is 2.22. The zero-order chi connectivity index (χ0) is 14.4. The maximum absolute atomic E-state index is 13.8. The molecule has 0 saturated carbocycles. The molecule has 3 heteroatoms. The van der Waals surface area contributed by atoms with Crippen LogP contribution in [0.1, 0.15) is 36.1 Å². The molecule has 2 rings (SSSR count). The lowest BCUT2D eigenvalue weighted by molar-refractivity contribution is 0.488. The predicted octanol–water partition coefficient (Wildman–Crippen LogP) is 3.94. The van der Waals surface area contributed by atoms with Crippen LogP contribution in [0.3, 0.4) is 0 Å². The van der Waals surface area contributed by atoms with Crippen LogP contribution in [0.4, 0.5) is 4.39 Å². The van der Waals surface area contributed by atoms with Gasteiger partial charge >= 0.3 is 0 Å². The third-order valence-electron chi connectivity index (χ3n) is 3.30. The molecule has 1 atom stereocenters. The Balaban J connectivity index is 2.08. The number of benzene rings is 2. The van der Waals surface area contributed by atoms with Crippen LogP contribution in [0.15, 0.2) is 48.5 Å². The number of hydrogen-bond donors (Lipinski definition) is 1. The van der Waals surface area contributed by atoms with E-state index >= 15 is 0 Å². The Hall–Kier alpha value is -2.18. The molecule has 0 aliphatic carbocycles. The summed E-state index contributed by atoms with van der Waals surface area (Å²) in [5, 5.41) is 12.2. The van der Waals surface area contributed by atoms with Gasteiger partial charge in [-0.05, 0) is 30.2 Å². The zero-order valence-electron chi connectivity index (χ0n) is 11.4. The minimum absolute atomic E-state index is 0.0260. The molecule has 0 fully saturated rings. The van der Waals surface area contributed by atoms with E-state index in [1.165, 1.54) is 6.07 Å². The molecule has 2 nitrogen and oxygen atoms in total. The average molecular weight is 268 g/mol. The molecule has 0 radical (unpaired) electrons. The smallest absolute Gasteiger partial charge is 0.127 e. The van der Waals surface area contributed by atoms with E-state index in [4.69, 9.17) is 5.26 Å². The third kappa shape index (κ3) is 3.43. The van der Waals surface area contributed by atoms with Crippen molar-refractivity contribution in [3.63, 3.8) is 0 Å². The standard InChI is InChI=1S/C17H17FN2/c1-2-17(15-8-3-4-9-16(15)18)20-12-14-7-5-6-13(10-14)11-19/h3-10,17,20H,2,12H2,1H3. The summed E-state index contributed by atoms with van der Waals surface area (Å²) >= 11 is 0. The van der Waals surface area contributed by atoms with Crippen molar-refractivity contribution in [2.24, 2.45) is 0 Å². The van der Waals surface area contributed by atoms with Crippen LogP contribution in [-0.4, -0.2) is 0 Å². The third-order valence-corrected chi connectivity index (χ3v) is 3.30. The van der Waals surface area contributed by atoms with Gasteiger partial charge in [0, 0.05) is 18.2 Å². The van der Waals surface area contributed by atoms with Crippen molar-refractivity contribution in [2.75, 3.05) is 0 Å². The fourth-order valence-corrected chi connectivity index (χ4v) is 2.22. The summed E-state index contributed by atoms with van der Waals surface area (Å²) in [5.41, 5.74) is 2.36. The highest BCUT2D eigenvalue weighted by atomic mass is 19.1. The summed E-state index contributed by atoms with van der Waals surface area (Å²) in [6, 6.07) is 16.4. The summed E-state index contributed by atoms with van der Waals surface area (Å²) in [4.78, 5) is 0. The van der Waals surface area contributed by atoms with Gasteiger partial charge < -0.3 is 5.32 Å². The molecular weight excluding hydrogens is 251 g/mol. The van der Waals surface area contributed by atoms with Gasteiger partial charge in [0.05, 0.1) is 11.6 Å². The van der Waals surface area contributed by atoms with Crippen molar-refractivity contribution in [3.8, 4) is 6.07 Å². The van der Waals surface area contributed by atoms with E-state index < -0.39 is 0 Å². The van der Waals surface area contributed by atoms with Gasteiger partial charge in [-0.1, -0.05) is 37.3 Å². The maximum atomic E-state index is 13.8. The lowest BCUT2D eigenvalue weighted by Gasteiger charge is -2.18. The molecule has 0 heterocycles. The molecule has 0 bridgehead atoms. The molecule has 20 heavy (non-hydrogen) atoms. The highest BCUT2D eigenvalue weighted by Gasteiger charge is 2.12. The number of rotatable bonds is 5. The highest BCUT2D eigenvalue weighted by Crippen LogP contribution is 2.20. The Morgan fingerprint density at radius 3 is 2.70 bits per heavy atom. The minimum atomic E-state index is -0.183. The fraction of sp³-hybridized carbons (Fsp3) is 0.235. The van der Waals surface area contributed by atoms with Crippen molar-refractivity contribution in [3.05, 3.63) is 71.0 Å². The van der Waals surface area contributed by atoms with Gasteiger partial charge in [-0.15, -0.1) is 0 Å². The number of nitrogens with one attached hydrogen (secondary N) is 1. The van der Waals surface area contributed by atoms with E-state index in [0.29, 0.717) is 17.7 Å². The van der Waals surface area contributed by atoms with E-state index in [9.17, 15) is 4.39 Å². The van der Waals surface area contributed by atoms with Crippen LogP contribution >= 0.6 is 0 Å². The van der Waals surface area contributed by atoms with E-state index in [1.807, 2.05) is 37.3 Å².